The van der Waals surface area contributed by atoms with E-state index in [1.54, 1.807) is 6.20 Å². The first-order valence-corrected chi connectivity index (χ1v) is 12.9. The summed E-state index contributed by atoms with van der Waals surface area (Å²) in [5.74, 6) is -0.650. The number of amides is 2. The van der Waals surface area contributed by atoms with Crippen molar-refractivity contribution in [1.82, 2.24) is 29.5 Å². The van der Waals surface area contributed by atoms with Gasteiger partial charge in [-0.15, -0.1) is 5.10 Å². The Labute approximate surface area is 194 Å². The lowest BCUT2D eigenvalue weighted by Gasteiger charge is -2.34. The number of aliphatic hydroxyl groups is 1. The van der Waals surface area contributed by atoms with E-state index in [0.717, 1.165) is 6.42 Å². The van der Waals surface area contributed by atoms with E-state index in [1.165, 1.54) is 20.9 Å². The SMILES string of the molecule is CNC(=O)[C@@H]1C[C@@H](O)CN1C(=O)[C@@H](n1cc(CN2CCCC3(CC3)S2(=O)=O)nn1)C(C)(C)C. The highest BCUT2D eigenvalue weighted by Gasteiger charge is 2.58. The minimum absolute atomic E-state index is 0.0686. The number of likely N-dealkylation sites (N-methyl/N-ethyl adjacent to an activating group) is 1. The fraction of sp³-hybridized carbons (Fsp3) is 0.810. The van der Waals surface area contributed by atoms with Crippen molar-refractivity contribution in [2.24, 2.45) is 5.41 Å². The van der Waals surface area contributed by atoms with Crippen LogP contribution in [0.3, 0.4) is 0 Å². The average molecular weight is 483 g/mol. The van der Waals surface area contributed by atoms with E-state index in [2.05, 4.69) is 15.6 Å². The predicted octanol–water partition coefficient (Wildman–Crippen LogP) is 0.0313. The molecular formula is C21H34N6O5S. The normalized spacial score (nSPS) is 27.5. The summed E-state index contributed by atoms with van der Waals surface area (Å²) in [6.45, 7) is 6.33. The molecule has 0 radical (unpaired) electrons. The highest BCUT2D eigenvalue weighted by molar-refractivity contribution is 7.90. The second-order valence-corrected chi connectivity index (χ2v) is 12.9. The molecule has 0 aromatic carbocycles. The van der Waals surface area contributed by atoms with Crippen LogP contribution in [0.2, 0.25) is 0 Å². The molecule has 12 heteroatoms. The van der Waals surface area contributed by atoms with Gasteiger partial charge in [-0.1, -0.05) is 26.0 Å². The maximum Gasteiger partial charge on any atom is 0.248 e. The Morgan fingerprint density at radius 1 is 1.30 bits per heavy atom. The largest absolute Gasteiger partial charge is 0.391 e. The molecule has 11 nitrogen and oxygen atoms in total. The number of aliphatic hydroxyl groups excluding tert-OH is 1. The van der Waals surface area contributed by atoms with Crippen molar-refractivity contribution in [2.45, 2.75) is 82.4 Å². The van der Waals surface area contributed by atoms with Crippen molar-refractivity contribution in [3.8, 4) is 0 Å². The van der Waals surface area contributed by atoms with E-state index in [0.29, 0.717) is 31.5 Å². The maximum atomic E-state index is 13.6. The zero-order valence-corrected chi connectivity index (χ0v) is 20.5. The highest BCUT2D eigenvalue weighted by Crippen LogP contribution is 2.51. The molecule has 2 amide bonds. The first-order valence-electron chi connectivity index (χ1n) is 11.5. The standard InChI is InChI=1S/C21H34N6O5S/c1-20(2,3)17(19(30)26-13-15(28)10-16(26)18(29)22-4)27-12-14(23-24-27)11-25-9-5-6-21(7-8-21)33(25,31)32/h12,15-17,28H,5-11,13H2,1-4H3,(H,22,29)/t15-,16+,17-/m1/s1. The van der Waals surface area contributed by atoms with E-state index in [-0.39, 0.29) is 31.3 Å². The average Bonchev–Trinajstić information content (AvgIpc) is 3.21. The van der Waals surface area contributed by atoms with Gasteiger partial charge in [0.2, 0.25) is 21.8 Å². The number of nitrogens with zero attached hydrogens (tertiary/aromatic N) is 5. The van der Waals surface area contributed by atoms with Crippen LogP contribution in [0.15, 0.2) is 6.20 Å². The smallest absolute Gasteiger partial charge is 0.248 e. The van der Waals surface area contributed by atoms with Gasteiger partial charge in [-0.3, -0.25) is 9.59 Å². The van der Waals surface area contributed by atoms with Crippen LogP contribution in [-0.4, -0.2) is 86.6 Å². The summed E-state index contributed by atoms with van der Waals surface area (Å²) in [5.41, 5.74) is -0.0967. The molecule has 2 saturated heterocycles. The van der Waals surface area contributed by atoms with Gasteiger partial charge in [0.15, 0.2) is 0 Å². The van der Waals surface area contributed by atoms with Crippen LogP contribution in [0.5, 0.6) is 0 Å². The highest BCUT2D eigenvalue weighted by atomic mass is 32.2. The Balaban J connectivity index is 1.57. The van der Waals surface area contributed by atoms with Crippen LogP contribution in [0, 0.1) is 5.41 Å². The molecule has 1 aromatic rings. The van der Waals surface area contributed by atoms with E-state index in [9.17, 15) is 23.1 Å². The zero-order chi connectivity index (χ0) is 24.2. The van der Waals surface area contributed by atoms with E-state index in [4.69, 9.17) is 0 Å². The number of hydrogen-bond acceptors (Lipinski definition) is 7. The molecule has 184 valence electrons. The third kappa shape index (κ3) is 4.28. The summed E-state index contributed by atoms with van der Waals surface area (Å²) in [5, 5.41) is 21.1. The first-order chi connectivity index (χ1) is 15.4. The number of sulfonamides is 1. The number of rotatable bonds is 5. The Morgan fingerprint density at radius 3 is 2.61 bits per heavy atom. The Morgan fingerprint density at radius 2 is 2.00 bits per heavy atom. The van der Waals surface area contributed by atoms with Crippen molar-refractivity contribution in [1.29, 1.82) is 0 Å². The predicted molar refractivity (Wildman–Crippen MR) is 119 cm³/mol. The number of hydrogen-bond donors (Lipinski definition) is 2. The molecule has 2 N–H and O–H groups in total. The van der Waals surface area contributed by atoms with Gasteiger partial charge in [0, 0.05) is 26.6 Å². The molecule has 1 spiro atoms. The van der Waals surface area contributed by atoms with E-state index < -0.39 is 38.4 Å². The monoisotopic (exact) mass is 482 g/mol. The molecule has 3 aliphatic rings. The van der Waals surface area contributed by atoms with Gasteiger partial charge in [-0.25, -0.2) is 13.1 Å². The number of β-amino-alcohol motifs (C(OH)–C–C–N with tert-alkyl or cyclic N) is 1. The summed E-state index contributed by atoms with van der Waals surface area (Å²) in [6, 6.07) is -1.53. The molecule has 3 heterocycles. The van der Waals surface area contributed by atoms with Gasteiger partial charge in [0.1, 0.15) is 12.1 Å². The van der Waals surface area contributed by atoms with Gasteiger partial charge in [0.25, 0.3) is 0 Å². The van der Waals surface area contributed by atoms with Crippen LogP contribution in [0.4, 0.5) is 0 Å². The summed E-state index contributed by atoms with van der Waals surface area (Å²) in [6.07, 6.45) is 4.00. The van der Waals surface area contributed by atoms with Gasteiger partial charge in [0.05, 0.1) is 29.3 Å². The van der Waals surface area contributed by atoms with Crippen LogP contribution >= 0.6 is 0 Å². The van der Waals surface area contributed by atoms with Crippen molar-refractivity contribution in [3.63, 3.8) is 0 Å². The van der Waals surface area contributed by atoms with E-state index >= 15 is 0 Å². The van der Waals surface area contributed by atoms with Crippen LogP contribution in [0.25, 0.3) is 0 Å². The quantitative estimate of drug-likeness (QED) is 0.604. The zero-order valence-electron chi connectivity index (χ0n) is 19.7. The lowest BCUT2D eigenvalue weighted by Crippen LogP contribution is -2.49. The van der Waals surface area contributed by atoms with Crippen molar-refractivity contribution >= 4 is 21.8 Å². The van der Waals surface area contributed by atoms with Crippen LogP contribution in [0.1, 0.15) is 64.6 Å². The van der Waals surface area contributed by atoms with Crippen molar-refractivity contribution in [3.05, 3.63) is 11.9 Å². The molecule has 0 unspecified atom stereocenters. The summed E-state index contributed by atoms with van der Waals surface area (Å²) in [4.78, 5) is 27.3. The molecule has 1 aliphatic carbocycles. The molecule has 3 fully saturated rings. The van der Waals surface area contributed by atoms with Crippen LogP contribution < -0.4 is 5.32 Å². The lowest BCUT2D eigenvalue weighted by molar-refractivity contribution is -0.144. The second kappa shape index (κ2) is 8.31. The summed E-state index contributed by atoms with van der Waals surface area (Å²) < 4.78 is 28.4. The van der Waals surface area contributed by atoms with Gasteiger partial charge in [-0.05, 0) is 31.1 Å². The molecule has 0 bridgehead atoms. The summed E-state index contributed by atoms with van der Waals surface area (Å²) in [7, 11) is -1.87. The fourth-order valence-corrected chi connectivity index (χ4v) is 7.35. The Bertz CT molecular complexity index is 1030. The van der Waals surface area contributed by atoms with Crippen molar-refractivity contribution in [2.75, 3.05) is 20.1 Å². The molecule has 4 rings (SSSR count). The first kappa shape index (κ1) is 24.1. The third-order valence-electron chi connectivity index (χ3n) is 7.06. The summed E-state index contributed by atoms with van der Waals surface area (Å²) >= 11 is 0. The fourth-order valence-electron chi connectivity index (χ4n) is 5.11. The second-order valence-electron chi connectivity index (χ2n) is 10.6. The molecule has 33 heavy (non-hydrogen) atoms. The number of aromatic nitrogens is 3. The number of carbonyl (C=O) groups is 2. The number of nitrogens with one attached hydrogen (secondary N) is 1. The van der Waals surface area contributed by atoms with E-state index in [1.807, 2.05) is 20.8 Å². The minimum atomic E-state index is -3.37. The van der Waals surface area contributed by atoms with Gasteiger partial charge in [-0.2, -0.15) is 4.31 Å². The molecule has 2 aliphatic heterocycles. The van der Waals surface area contributed by atoms with Gasteiger partial charge >= 0.3 is 0 Å². The van der Waals surface area contributed by atoms with Crippen LogP contribution in [-0.2, 0) is 26.2 Å². The number of carbonyl (C=O) groups excluding carboxylic acids is 2. The Kier molecular flexibility index (Phi) is 6.07. The van der Waals surface area contributed by atoms with Crippen molar-refractivity contribution < 1.29 is 23.1 Å². The van der Waals surface area contributed by atoms with Gasteiger partial charge < -0.3 is 15.3 Å². The third-order valence-corrected chi connectivity index (χ3v) is 9.76. The molecule has 1 aromatic heterocycles. The maximum absolute atomic E-state index is 13.6. The minimum Gasteiger partial charge on any atom is -0.391 e. The molecule has 1 saturated carbocycles. The molecular weight excluding hydrogens is 448 g/mol. The number of likely N-dealkylation sites (tertiary alicyclic amines) is 1. The lowest BCUT2D eigenvalue weighted by atomic mass is 9.85. The topological polar surface area (TPSA) is 138 Å². The Hall–Kier alpha value is -2.05. The molecule has 3 atom stereocenters.